The third-order valence-corrected chi connectivity index (χ3v) is 8.26. The summed E-state index contributed by atoms with van der Waals surface area (Å²) in [5, 5.41) is 3.65. The summed E-state index contributed by atoms with van der Waals surface area (Å²) in [6.07, 6.45) is 4.96. The van der Waals surface area contributed by atoms with Crippen molar-refractivity contribution in [3.8, 4) is 5.75 Å². The number of nitrogen functional groups attached to an aromatic ring is 1. The molecule has 10 heteroatoms. The van der Waals surface area contributed by atoms with E-state index in [1.54, 1.807) is 19.2 Å². The number of methoxy groups -OCH3 is 2. The zero-order valence-corrected chi connectivity index (χ0v) is 22.6. The first-order chi connectivity index (χ1) is 16.9. The largest absolute Gasteiger partial charge is 0.496 e. The molecule has 2 heterocycles. The van der Waals surface area contributed by atoms with Crippen molar-refractivity contribution in [2.24, 2.45) is 5.92 Å². The minimum absolute atomic E-state index is 0.107. The second kappa shape index (κ2) is 13.6. The van der Waals surface area contributed by atoms with E-state index in [2.05, 4.69) is 17.1 Å². The number of rotatable bonds is 9. The molecule has 2 saturated heterocycles. The molecule has 0 unspecified atom stereocenters. The minimum atomic E-state index is -0.252. The maximum absolute atomic E-state index is 13.0. The molecule has 0 radical (unpaired) electrons. The minimum Gasteiger partial charge on any atom is -0.496 e. The van der Waals surface area contributed by atoms with Crippen LogP contribution >= 0.6 is 23.4 Å². The van der Waals surface area contributed by atoms with Crippen molar-refractivity contribution in [2.75, 3.05) is 58.4 Å². The number of benzene rings is 1. The fraction of sp³-hybridized carbons (Fsp3) is 0.680. The van der Waals surface area contributed by atoms with Gasteiger partial charge in [-0.3, -0.25) is 9.59 Å². The molecule has 2 aliphatic heterocycles. The second-order valence-corrected chi connectivity index (χ2v) is 10.8. The Balaban J connectivity index is 1.48. The Morgan fingerprint density at radius 3 is 2.60 bits per heavy atom. The molecule has 0 bridgehead atoms. The SMILES string of the molecule is CCCCSC(=O)N1CCC(CN2CC[C@H](NC(=O)c3cc(Cl)c(N)cc3OC)[C@H](OC)C2)CC1. The van der Waals surface area contributed by atoms with Gasteiger partial charge in [-0.05, 0) is 37.7 Å². The van der Waals surface area contributed by atoms with Crippen LogP contribution in [0.15, 0.2) is 12.1 Å². The lowest BCUT2D eigenvalue weighted by atomic mass is 9.94. The van der Waals surface area contributed by atoms with Crippen molar-refractivity contribution in [1.82, 2.24) is 15.1 Å². The van der Waals surface area contributed by atoms with Gasteiger partial charge in [-0.25, -0.2) is 0 Å². The van der Waals surface area contributed by atoms with Crippen molar-refractivity contribution >= 4 is 40.2 Å². The van der Waals surface area contributed by atoms with Crippen molar-refractivity contribution in [3.05, 3.63) is 22.7 Å². The summed E-state index contributed by atoms with van der Waals surface area (Å²) >= 11 is 7.60. The molecule has 2 atom stereocenters. The molecular formula is C25H39ClN4O4S. The van der Waals surface area contributed by atoms with E-state index in [1.807, 2.05) is 4.90 Å². The van der Waals surface area contributed by atoms with Crippen molar-refractivity contribution < 1.29 is 19.1 Å². The first kappa shape index (κ1) is 27.9. The number of carbonyl (C=O) groups is 2. The Labute approximate surface area is 218 Å². The first-order valence-electron chi connectivity index (χ1n) is 12.5. The Kier molecular flexibility index (Phi) is 10.8. The highest BCUT2D eigenvalue weighted by Gasteiger charge is 2.33. The van der Waals surface area contributed by atoms with Gasteiger partial charge in [-0.1, -0.05) is 36.7 Å². The number of unbranched alkanes of at least 4 members (excludes halogenated alkanes) is 1. The molecule has 1 aromatic carbocycles. The summed E-state index contributed by atoms with van der Waals surface area (Å²) in [7, 11) is 3.19. The number of piperidine rings is 2. The number of thioether (sulfide) groups is 1. The summed E-state index contributed by atoms with van der Waals surface area (Å²) in [5.74, 6) is 1.63. The summed E-state index contributed by atoms with van der Waals surface area (Å²) in [6, 6.07) is 3.00. The highest BCUT2D eigenvalue weighted by atomic mass is 35.5. The zero-order chi connectivity index (χ0) is 25.4. The third kappa shape index (κ3) is 7.65. The van der Waals surface area contributed by atoms with Crippen LogP contribution < -0.4 is 15.8 Å². The number of amides is 2. The van der Waals surface area contributed by atoms with E-state index in [1.165, 1.54) is 18.9 Å². The number of likely N-dealkylation sites (tertiary alicyclic amines) is 2. The molecule has 3 rings (SSSR count). The van der Waals surface area contributed by atoms with Crippen molar-refractivity contribution in [3.63, 3.8) is 0 Å². The molecule has 2 fully saturated rings. The van der Waals surface area contributed by atoms with Gasteiger partial charge in [0.05, 0.1) is 35.5 Å². The predicted octanol–water partition coefficient (Wildman–Crippen LogP) is 4.12. The van der Waals surface area contributed by atoms with Gasteiger partial charge in [0.1, 0.15) is 5.75 Å². The summed E-state index contributed by atoms with van der Waals surface area (Å²) in [4.78, 5) is 29.8. The lowest BCUT2D eigenvalue weighted by Gasteiger charge is -2.41. The number of halogens is 1. The summed E-state index contributed by atoms with van der Waals surface area (Å²) < 4.78 is 11.1. The highest BCUT2D eigenvalue weighted by molar-refractivity contribution is 8.13. The van der Waals surface area contributed by atoms with Crippen LogP contribution in [0.4, 0.5) is 10.5 Å². The molecule has 3 N–H and O–H groups in total. The standard InChI is InChI=1S/C25H39ClN4O4S/c1-4-5-12-35-25(32)30-10-6-17(7-11-30)15-29-9-8-21(23(16-29)34-3)28-24(31)18-13-19(26)20(27)14-22(18)33-2/h13-14,17,21,23H,4-12,15-16,27H2,1-3H3,(H,28,31)/t21-,23+/m0/s1. The van der Waals surface area contributed by atoms with Crippen LogP contribution in [0.25, 0.3) is 0 Å². The van der Waals surface area contributed by atoms with E-state index in [0.29, 0.717) is 27.9 Å². The van der Waals surface area contributed by atoms with E-state index in [0.717, 1.165) is 70.6 Å². The second-order valence-electron chi connectivity index (χ2n) is 9.37. The van der Waals surface area contributed by atoms with Crippen LogP contribution in [-0.2, 0) is 4.74 Å². The Morgan fingerprint density at radius 2 is 1.94 bits per heavy atom. The van der Waals surface area contributed by atoms with Crippen molar-refractivity contribution in [2.45, 2.75) is 51.2 Å². The Hall–Kier alpha value is -1.68. The van der Waals surface area contributed by atoms with Gasteiger partial charge in [-0.15, -0.1) is 0 Å². The molecule has 8 nitrogen and oxygen atoms in total. The highest BCUT2D eigenvalue weighted by Crippen LogP contribution is 2.29. The molecule has 0 aliphatic carbocycles. The van der Waals surface area contributed by atoms with Crippen LogP contribution in [0, 0.1) is 5.92 Å². The number of hydrogen-bond donors (Lipinski definition) is 2. The van der Waals surface area contributed by atoms with Gasteiger partial charge in [0.25, 0.3) is 11.1 Å². The monoisotopic (exact) mass is 526 g/mol. The number of nitrogens with two attached hydrogens (primary N) is 1. The predicted molar refractivity (Wildman–Crippen MR) is 143 cm³/mol. The molecule has 0 spiro atoms. The summed E-state index contributed by atoms with van der Waals surface area (Å²) in [6.45, 7) is 6.47. The quantitative estimate of drug-likeness (QED) is 0.369. The molecule has 2 amide bonds. The average Bonchev–Trinajstić information content (AvgIpc) is 2.86. The fourth-order valence-corrected chi connectivity index (χ4v) is 5.91. The van der Waals surface area contributed by atoms with E-state index in [4.69, 9.17) is 26.8 Å². The molecule has 0 aromatic heterocycles. The number of carbonyl (C=O) groups excluding carboxylic acids is 2. The maximum atomic E-state index is 13.0. The van der Waals surface area contributed by atoms with Gasteiger partial charge in [-0.2, -0.15) is 0 Å². The molecule has 35 heavy (non-hydrogen) atoms. The maximum Gasteiger partial charge on any atom is 0.281 e. The number of ether oxygens (including phenoxy) is 2. The van der Waals surface area contributed by atoms with Crippen LogP contribution in [0.1, 0.15) is 49.4 Å². The smallest absolute Gasteiger partial charge is 0.281 e. The zero-order valence-electron chi connectivity index (χ0n) is 21.1. The fourth-order valence-electron chi connectivity index (χ4n) is 4.77. The Morgan fingerprint density at radius 1 is 1.20 bits per heavy atom. The molecule has 1 aromatic rings. The number of nitrogens with one attached hydrogen (secondary N) is 1. The molecule has 2 aliphatic rings. The van der Waals surface area contributed by atoms with Crippen LogP contribution in [-0.4, -0.2) is 85.8 Å². The van der Waals surface area contributed by atoms with E-state index >= 15 is 0 Å². The van der Waals surface area contributed by atoms with Gasteiger partial charge < -0.3 is 30.3 Å². The summed E-state index contributed by atoms with van der Waals surface area (Å²) in [5.41, 5.74) is 6.57. The lowest BCUT2D eigenvalue weighted by molar-refractivity contribution is -0.000473. The molecular weight excluding hydrogens is 488 g/mol. The van der Waals surface area contributed by atoms with E-state index in [9.17, 15) is 9.59 Å². The van der Waals surface area contributed by atoms with Crippen LogP contribution in [0.5, 0.6) is 5.75 Å². The molecule has 0 saturated carbocycles. The number of hydrogen-bond acceptors (Lipinski definition) is 7. The third-order valence-electron chi connectivity index (χ3n) is 6.94. The number of anilines is 1. The van der Waals surface area contributed by atoms with Crippen molar-refractivity contribution in [1.29, 1.82) is 0 Å². The molecule has 196 valence electrons. The van der Waals surface area contributed by atoms with Gasteiger partial charge in [0.2, 0.25) is 0 Å². The number of nitrogens with zero attached hydrogens (tertiary/aromatic N) is 2. The van der Waals surface area contributed by atoms with Crippen LogP contribution in [0.2, 0.25) is 5.02 Å². The van der Waals surface area contributed by atoms with E-state index < -0.39 is 0 Å². The average molecular weight is 527 g/mol. The van der Waals surface area contributed by atoms with Gasteiger partial charge >= 0.3 is 0 Å². The first-order valence-corrected chi connectivity index (χ1v) is 13.8. The Bertz CT molecular complexity index is 866. The van der Waals surface area contributed by atoms with Crippen LogP contribution in [0.3, 0.4) is 0 Å². The van der Waals surface area contributed by atoms with Gasteiger partial charge in [0.15, 0.2) is 0 Å². The van der Waals surface area contributed by atoms with E-state index in [-0.39, 0.29) is 23.3 Å². The lowest BCUT2D eigenvalue weighted by Crippen LogP contribution is -2.55. The normalized spacial score (nSPS) is 21.7. The topological polar surface area (TPSA) is 97.1 Å². The van der Waals surface area contributed by atoms with Gasteiger partial charge in [0, 0.05) is 51.7 Å².